The van der Waals surface area contributed by atoms with Gasteiger partial charge in [0.15, 0.2) is 0 Å². The van der Waals surface area contributed by atoms with Crippen molar-refractivity contribution in [2.45, 2.75) is 45.4 Å². The molecule has 2 atom stereocenters. The molecule has 9 heteroatoms. The van der Waals surface area contributed by atoms with E-state index < -0.39 is 4.92 Å². The van der Waals surface area contributed by atoms with Gasteiger partial charge >= 0.3 is 0 Å². The number of carbonyl (C=O) groups excluding carboxylic acids is 1. The van der Waals surface area contributed by atoms with Gasteiger partial charge in [-0.25, -0.2) is 0 Å². The van der Waals surface area contributed by atoms with Crippen molar-refractivity contribution in [2.75, 3.05) is 50.8 Å². The number of hydrogen-bond donors (Lipinski definition) is 1. The molecule has 2 aliphatic heterocycles. The molecule has 2 fully saturated rings. The van der Waals surface area contributed by atoms with E-state index in [1.165, 1.54) is 6.07 Å². The van der Waals surface area contributed by atoms with Crippen molar-refractivity contribution < 1.29 is 19.2 Å². The van der Waals surface area contributed by atoms with Gasteiger partial charge in [-0.05, 0) is 39.8 Å². The van der Waals surface area contributed by atoms with E-state index in [1.807, 2.05) is 18.7 Å². The van der Waals surface area contributed by atoms with Crippen LogP contribution in [-0.2, 0) is 9.47 Å². The molecule has 9 nitrogen and oxygen atoms in total. The van der Waals surface area contributed by atoms with Crippen LogP contribution in [-0.4, -0.2) is 79.4 Å². The van der Waals surface area contributed by atoms with E-state index >= 15 is 0 Å². The number of hydrogen-bond acceptors (Lipinski definition) is 7. The number of benzene rings is 1. The zero-order valence-electron chi connectivity index (χ0n) is 18.2. The Labute approximate surface area is 177 Å². The molecule has 2 heterocycles. The minimum Gasteiger partial charge on any atom is -0.378 e. The molecule has 2 unspecified atom stereocenters. The summed E-state index contributed by atoms with van der Waals surface area (Å²) in [6.45, 7) is 12.6. The minimum atomic E-state index is -0.429. The lowest BCUT2D eigenvalue weighted by Crippen LogP contribution is -2.58. The lowest BCUT2D eigenvalue weighted by molar-refractivity contribution is -0.384. The Kier molecular flexibility index (Phi) is 6.95. The summed E-state index contributed by atoms with van der Waals surface area (Å²) in [7, 11) is 0. The standard InChI is InChI=1S/C21H32N4O5/c1-15-12-24(13-16(2)30-15)21(3,4)14-22-20(26)17-5-6-18(19(11-17)25(27)28)23-7-9-29-10-8-23/h5-6,11,15-16H,7-10,12-14H2,1-4H3,(H,22,26). The Morgan fingerprint density at radius 3 is 2.47 bits per heavy atom. The van der Waals surface area contributed by atoms with Crippen molar-refractivity contribution in [3.8, 4) is 0 Å². The summed E-state index contributed by atoms with van der Waals surface area (Å²) in [5.74, 6) is -0.311. The minimum absolute atomic E-state index is 0.0559. The van der Waals surface area contributed by atoms with E-state index in [4.69, 9.17) is 9.47 Å². The number of anilines is 1. The Bertz CT molecular complexity index is 769. The van der Waals surface area contributed by atoms with Crippen LogP contribution in [0.15, 0.2) is 18.2 Å². The Hall–Kier alpha value is -2.23. The number of morpholine rings is 2. The molecule has 0 bridgehead atoms. The van der Waals surface area contributed by atoms with Crippen molar-refractivity contribution in [1.29, 1.82) is 0 Å². The van der Waals surface area contributed by atoms with Gasteiger partial charge in [0.25, 0.3) is 11.6 Å². The van der Waals surface area contributed by atoms with Crippen LogP contribution in [0.2, 0.25) is 0 Å². The lowest BCUT2D eigenvalue weighted by Gasteiger charge is -2.45. The van der Waals surface area contributed by atoms with Gasteiger partial charge in [-0.1, -0.05) is 0 Å². The molecule has 0 radical (unpaired) electrons. The van der Waals surface area contributed by atoms with Crippen LogP contribution in [0, 0.1) is 10.1 Å². The van der Waals surface area contributed by atoms with E-state index in [-0.39, 0.29) is 29.3 Å². The smallest absolute Gasteiger partial charge is 0.293 e. The van der Waals surface area contributed by atoms with Crippen LogP contribution in [0.4, 0.5) is 11.4 Å². The SMILES string of the molecule is CC1CN(C(C)(C)CNC(=O)c2ccc(N3CCOCC3)c([N+](=O)[O-])c2)CC(C)O1. The third kappa shape index (κ3) is 5.27. The largest absolute Gasteiger partial charge is 0.378 e. The van der Waals surface area contributed by atoms with Crippen LogP contribution in [0.25, 0.3) is 0 Å². The second-order valence-electron chi connectivity index (χ2n) is 8.72. The molecular formula is C21H32N4O5. The van der Waals surface area contributed by atoms with Gasteiger partial charge in [-0.2, -0.15) is 0 Å². The summed E-state index contributed by atoms with van der Waals surface area (Å²) in [4.78, 5) is 28.2. The molecule has 1 aromatic rings. The summed E-state index contributed by atoms with van der Waals surface area (Å²) in [5, 5.41) is 14.6. The average Bonchev–Trinajstić information content (AvgIpc) is 2.71. The van der Waals surface area contributed by atoms with E-state index in [0.717, 1.165) is 13.1 Å². The molecule has 2 saturated heterocycles. The molecule has 0 aliphatic carbocycles. The van der Waals surface area contributed by atoms with Crippen LogP contribution in [0.3, 0.4) is 0 Å². The number of nitro groups is 1. The Morgan fingerprint density at radius 1 is 1.23 bits per heavy atom. The van der Waals surface area contributed by atoms with Gasteiger partial charge in [0.05, 0.1) is 30.3 Å². The van der Waals surface area contributed by atoms with Gasteiger partial charge in [0.1, 0.15) is 5.69 Å². The fourth-order valence-electron chi connectivity index (χ4n) is 4.07. The number of amides is 1. The first kappa shape index (κ1) is 22.5. The molecule has 2 aliphatic rings. The summed E-state index contributed by atoms with van der Waals surface area (Å²) in [6.07, 6.45) is 0.276. The molecule has 1 amide bonds. The number of ether oxygens (including phenoxy) is 2. The normalized spacial score (nSPS) is 23.3. The van der Waals surface area contributed by atoms with Gasteiger partial charge in [-0.15, -0.1) is 0 Å². The van der Waals surface area contributed by atoms with E-state index in [0.29, 0.717) is 44.1 Å². The van der Waals surface area contributed by atoms with Gasteiger partial charge < -0.3 is 19.7 Å². The maximum absolute atomic E-state index is 12.8. The molecule has 0 spiro atoms. The molecule has 0 saturated carbocycles. The molecule has 166 valence electrons. The van der Waals surface area contributed by atoms with E-state index in [9.17, 15) is 14.9 Å². The van der Waals surface area contributed by atoms with Crippen LogP contribution >= 0.6 is 0 Å². The van der Waals surface area contributed by atoms with Crippen molar-refractivity contribution >= 4 is 17.3 Å². The topological polar surface area (TPSA) is 97.2 Å². The summed E-state index contributed by atoms with van der Waals surface area (Å²) < 4.78 is 11.1. The van der Waals surface area contributed by atoms with Crippen LogP contribution in [0.5, 0.6) is 0 Å². The summed E-state index contributed by atoms with van der Waals surface area (Å²) in [5.41, 5.74) is 0.496. The second-order valence-corrected chi connectivity index (χ2v) is 8.72. The lowest BCUT2D eigenvalue weighted by atomic mass is 9.99. The fourth-order valence-corrected chi connectivity index (χ4v) is 4.07. The third-order valence-corrected chi connectivity index (χ3v) is 5.74. The molecule has 1 aromatic carbocycles. The highest BCUT2D eigenvalue weighted by molar-refractivity contribution is 5.95. The maximum atomic E-state index is 12.8. The number of nitro benzene ring substituents is 1. The number of nitrogens with zero attached hydrogens (tertiary/aromatic N) is 3. The Balaban J connectivity index is 1.69. The predicted molar refractivity (Wildman–Crippen MR) is 114 cm³/mol. The highest BCUT2D eigenvalue weighted by Gasteiger charge is 2.33. The first-order valence-electron chi connectivity index (χ1n) is 10.5. The van der Waals surface area contributed by atoms with Gasteiger partial charge in [0, 0.05) is 49.9 Å². The monoisotopic (exact) mass is 420 g/mol. The quantitative estimate of drug-likeness (QED) is 0.556. The maximum Gasteiger partial charge on any atom is 0.293 e. The van der Waals surface area contributed by atoms with E-state index in [2.05, 4.69) is 24.1 Å². The molecular weight excluding hydrogens is 388 g/mol. The molecule has 1 N–H and O–H groups in total. The zero-order valence-corrected chi connectivity index (χ0v) is 18.2. The van der Waals surface area contributed by atoms with Crippen molar-refractivity contribution in [1.82, 2.24) is 10.2 Å². The van der Waals surface area contributed by atoms with Crippen molar-refractivity contribution in [3.63, 3.8) is 0 Å². The number of carbonyl (C=O) groups is 1. The second kappa shape index (κ2) is 9.28. The number of nitrogens with one attached hydrogen (secondary N) is 1. The van der Waals surface area contributed by atoms with E-state index in [1.54, 1.807) is 12.1 Å². The molecule has 30 heavy (non-hydrogen) atoms. The molecule has 0 aromatic heterocycles. The fraction of sp³-hybridized carbons (Fsp3) is 0.667. The average molecular weight is 421 g/mol. The summed E-state index contributed by atoms with van der Waals surface area (Å²) in [6, 6.07) is 4.68. The highest BCUT2D eigenvalue weighted by atomic mass is 16.6. The first-order valence-corrected chi connectivity index (χ1v) is 10.5. The van der Waals surface area contributed by atoms with Gasteiger partial charge in [-0.3, -0.25) is 19.8 Å². The first-order chi connectivity index (χ1) is 14.2. The third-order valence-electron chi connectivity index (χ3n) is 5.74. The van der Waals surface area contributed by atoms with Crippen molar-refractivity contribution in [3.05, 3.63) is 33.9 Å². The predicted octanol–water partition coefficient (Wildman–Crippen LogP) is 2.05. The van der Waals surface area contributed by atoms with Crippen molar-refractivity contribution in [2.24, 2.45) is 0 Å². The summed E-state index contributed by atoms with van der Waals surface area (Å²) >= 11 is 0. The Morgan fingerprint density at radius 2 is 1.87 bits per heavy atom. The van der Waals surface area contributed by atoms with Crippen LogP contribution in [0.1, 0.15) is 38.1 Å². The highest BCUT2D eigenvalue weighted by Crippen LogP contribution is 2.30. The van der Waals surface area contributed by atoms with Crippen LogP contribution < -0.4 is 10.2 Å². The number of rotatable bonds is 6. The zero-order chi connectivity index (χ0) is 21.9. The molecule has 3 rings (SSSR count). The van der Waals surface area contributed by atoms with Gasteiger partial charge in [0.2, 0.25) is 0 Å².